The third-order valence-corrected chi connectivity index (χ3v) is 6.11. The summed E-state index contributed by atoms with van der Waals surface area (Å²) < 4.78 is 5.51. The van der Waals surface area contributed by atoms with Crippen LogP contribution in [0.1, 0.15) is 23.6 Å². The Morgan fingerprint density at radius 3 is 2.38 bits per heavy atom. The van der Waals surface area contributed by atoms with E-state index in [0.29, 0.717) is 23.2 Å². The van der Waals surface area contributed by atoms with Crippen molar-refractivity contribution in [2.24, 2.45) is 4.99 Å². The average molecular weight is 443 g/mol. The molecular formula is C27H26N2O2S. The fourth-order valence-corrected chi connectivity index (χ4v) is 4.41. The minimum atomic E-state index is -0.00863. The van der Waals surface area contributed by atoms with Crippen molar-refractivity contribution >= 4 is 34.6 Å². The molecule has 32 heavy (non-hydrogen) atoms. The molecule has 0 unspecified atom stereocenters. The Morgan fingerprint density at radius 1 is 0.969 bits per heavy atom. The number of rotatable bonds is 7. The second-order valence-electron chi connectivity index (χ2n) is 7.54. The number of ether oxygens (including phenoxy) is 1. The van der Waals surface area contributed by atoms with Gasteiger partial charge >= 0.3 is 0 Å². The van der Waals surface area contributed by atoms with E-state index in [2.05, 4.69) is 19.1 Å². The molecule has 1 fully saturated rings. The molecule has 4 nitrogen and oxygen atoms in total. The highest BCUT2D eigenvalue weighted by Gasteiger charge is 2.33. The molecule has 3 aromatic rings. The summed E-state index contributed by atoms with van der Waals surface area (Å²) in [5, 5.41) is 0.715. The molecule has 1 heterocycles. The summed E-state index contributed by atoms with van der Waals surface area (Å²) >= 11 is 1.43. The summed E-state index contributed by atoms with van der Waals surface area (Å²) in [6, 6.07) is 26.0. The fourth-order valence-electron chi connectivity index (χ4n) is 3.38. The minimum absolute atomic E-state index is 0.00863. The molecule has 5 heteroatoms. The Morgan fingerprint density at radius 2 is 1.69 bits per heavy atom. The van der Waals surface area contributed by atoms with Gasteiger partial charge in [0.05, 0.1) is 17.2 Å². The van der Waals surface area contributed by atoms with Crippen LogP contribution in [0.4, 0.5) is 5.69 Å². The highest BCUT2D eigenvalue weighted by atomic mass is 32.2. The van der Waals surface area contributed by atoms with Gasteiger partial charge in [0.1, 0.15) is 5.75 Å². The Kier molecular flexibility index (Phi) is 7.07. The molecule has 0 spiro atoms. The summed E-state index contributed by atoms with van der Waals surface area (Å²) in [6.45, 7) is 5.22. The molecule has 1 saturated heterocycles. The van der Waals surface area contributed by atoms with Gasteiger partial charge < -0.3 is 4.74 Å². The number of nitrogens with zero attached hydrogens (tertiary/aromatic N) is 2. The van der Waals surface area contributed by atoms with Gasteiger partial charge in [0.2, 0.25) is 0 Å². The van der Waals surface area contributed by atoms with Crippen molar-refractivity contribution in [3.05, 3.63) is 100 Å². The third kappa shape index (κ3) is 5.48. The number of aryl methyl sites for hydroxylation is 1. The average Bonchev–Trinajstić information content (AvgIpc) is 3.10. The standard InChI is InChI=1S/C27H26N2O2S/c1-3-31-24-15-11-22(12-16-24)19-25-26(30)29(18-17-21-7-5-4-6-8-21)27(32-25)28-23-13-9-20(2)10-14-23/h4-16,19H,3,17-18H2,1-2H3/b25-19+,28-27?. The van der Waals surface area contributed by atoms with Crippen LogP contribution in [-0.2, 0) is 11.2 Å². The van der Waals surface area contributed by atoms with E-state index < -0.39 is 0 Å². The summed E-state index contributed by atoms with van der Waals surface area (Å²) in [5.74, 6) is 0.817. The maximum atomic E-state index is 13.3. The molecule has 1 aliphatic heterocycles. The van der Waals surface area contributed by atoms with Crippen LogP contribution in [0.25, 0.3) is 6.08 Å². The van der Waals surface area contributed by atoms with E-state index in [-0.39, 0.29) is 5.91 Å². The van der Waals surface area contributed by atoms with Crippen LogP contribution < -0.4 is 4.74 Å². The van der Waals surface area contributed by atoms with Crippen molar-refractivity contribution in [3.63, 3.8) is 0 Å². The highest BCUT2D eigenvalue weighted by Crippen LogP contribution is 2.34. The Labute approximate surface area is 193 Å². The van der Waals surface area contributed by atoms with E-state index >= 15 is 0 Å². The van der Waals surface area contributed by atoms with Crippen LogP contribution in [0, 0.1) is 6.92 Å². The molecule has 0 bridgehead atoms. The Bertz CT molecular complexity index is 1120. The van der Waals surface area contributed by atoms with Gasteiger partial charge in [0.25, 0.3) is 5.91 Å². The summed E-state index contributed by atoms with van der Waals surface area (Å²) in [5.41, 5.74) is 4.19. The number of amidine groups is 1. The number of aliphatic imine (C=N–C) groups is 1. The van der Waals surface area contributed by atoms with E-state index in [9.17, 15) is 4.79 Å². The number of carbonyl (C=O) groups is 1. The fraction of sp³-hybridized carbons (Fsp3) is 0.185. The van der Waals surface area contributed by atoms with Gasteiger partial charge in [0, 0.05) is 6.54 Å². The molecule has 0 radical (unpaired) electrons. The van der Waals surface area contributed by atoms with Crippen molar-refractivity contribution in [1.29, 1.82) is 0 Å². The number of hydrogen-bond donors (Lipinski definition) is 0. The summed E-state index contributed by atoms with van der Waals surface area (Å²) in [7, 11) is 0. The lowest BCUT2D eigenvalue weighted by atomic mass is 10.1. The van der Waals surface area contributed by atoms with Gasteiger partial charge in [-0.2, -0.15) is 0 Å². The predicted molar refractivity (Wildman–Crippen MR) is 133 cm³/mol. The Balaban J connectivity index is 1.60. The molecule has 0 atom stereocenters. The number of carbonyl (C=O) groups excluding carboxylic acids is 1. The van der Waals surface area contributed by atoms with Crippen LogP contribution in [0.15, 0.2) is 88.8 Å². The van der Waals surface area contributed by atoms with Crippen molar-refractivity contribution < 1.29 is 9.53 Å². The van der Waals surface area contributed by atoms with Crippen molar-refractivity contribution in [2.45, 2.75) is 20.3 Å². The Hall–Kier alpha value is -3.31. The second kappa shape index (κ2) is 10.3. The first-order valence-electron chi connectivity index (χ1n) is 10.8. The van der Waals surface area contributed by atoms with E-state index in [1.54, 1.807) is 4.90 Å². The zero-order valence-electron chi connectivity index (χ0n) is 18.3. The van der Waals surface area contributed by atoms with E-state index in [4.69, 9.17) is 9.73 Å². The quantitative estimate of drug-likeness (QED) is 0.407. The maximum Gasteiger partial charge on any atom is 0.266 e. The first-order chi connectivity index (χ1) is 15.6. The van der Waals surface area contributed by atoms with Crippen LogP contribution in [-0.4, -0.2) is 29.1 Å². The smallest absolute Gasteiger partial charge is 0.266 e. The number of benzene rings is 3. The maximum absolute atomic E-state index is 13.3. The highest BCUT2D eigenvalue weighted by molar-refractivity contribution is 8.18. The first kappa shape index (κ1) is 21.9. The van der Waals surface area contributed by atoms with Crippen LogP contribution in [0.3, 0.4) is 0 Å². The molecule has 0 saturated carbocycles. The van der Waals surface area contributed by atoms with Gasteiger partial charge in [-0.05, 0) is 73.5 Å². The molecular weight excluding hydrogens is 416 g/mol. The van der Waals surface area contributed by atoms with E-state index in [1.165, 1.54) is 22.9 Å². The molecule has 1 amide bonds. The largest absolute Gasteiger partial charge is 0.494 e. The van der Waals surface area contributed by atoms with Gasteiger partial charge in [-0.3, -0.25) is 9.69 Å². The molecule has 3 aromatic carbocycles. The van der Waals surface area contributed by atoms with Crippen LogP contribution >= 0.6 is 11.8 Å². The number of amides is 1. The third-order valence-electron chi connectivity index (χ3n) is 5.10. The van der Waals surface area contributed by atoms with Gasteiger partial charge in [-0.15, -0.1) is 0 Å². The lowest BCUT2D eigenvalue weighted by molar-refractivity contribution is -0.122. The molecule has 4 rings (SSSR count). The molecule has 1 aliphatic rings. The van der Waals surface area contributed by atoms with Crippen LogP contribution in [0.5, 0.6) is 5.75 Å². The lowest BCUT2D eigenvalue weighted by Crippen LogP contribution is -2.31. The van der Waals surface area contributed by atoms with Crippen molar-refractivity contribution in [2.75, 3.05) is 13.2 Å². The first-order valence-corrected chi connectivity index (χ1v) is 11.6. The van der Waals surface area contributed by atoms with Crippen LogP contribution in [0.2, 0.25) is 0 Å². The predicted octanol–water partition coefficient (Wildman–Crippen LogP) is 6.24. The number of thioether (sulfide) groups is 1. The lowest BCUT2D eigenvalue weighted by Gasteiger charge is -2.15. The monoisotopic (exact) mass is 442 g/mol. The van der Waals surface area contributed by atoms with Crippen molar-refractivity contribution in [3.8, 4) is 5.75 Å². The van der Waals surface area contributed by atoms with E-state index in [0.717, 1.165) is 23.4 Å². The normalized spacial score (nSPS) is 16.2. The van der Waals surface area contributed by atoms with Gasteiger partial charge in [-0.25, -0.2) is 4.99 Å². The van der Waals surface area contributed by atoms with Gasteiger partial charge in [-0.1, -0.05) is 60.2 Å². The van der Waals surface area contributed by atoms with Crippen molar-refractivity contribution in [1.82, 2.24) is 4.90 Å². The zero-order chi connectivity index (χ0) is 22.3. The molecule has 0 aliphatic carbocycles. The SMILES string of the molecule is CCOc1ccc(/C=C2/SC(=Nc3ccc(C)cc3)N(CCc3ccccc3)C2=O)cc1. The summed E-state index contributed by atoms with van der Waals surface area (Å²) in [4.78, 5) is 20.5. The molecule has 0 aromatic heterocycles. The molecule has 162 valence electrons. The topological polar surface area (TPSA) is 41.9 Å². The summed E-state index contributed by atoms with van der Waals surface area (Å²) in [6.07, 6.45) is 2.70. The second-order valence-corrected chi connectivity index (χ2v) is 8.54. The molecule has 0 N–H and O–H groups in total. The zero-order valence-corrected chi connectivity index (χ0v) is 19.1. The van der Waals surface area contributed by atoms with Gasteiger partial charge in [0.15, 0.2) is 5.17 Å². The minimum Gasteiger partial charge on any atom is -0.494 e. The number of hydrogen-bond acceptors (Lipinski definition) is 4. The van der Waals surface area contributed by atoms with E-state index in [1.807, 2.05) is 79.7 Å².